The van der Waals surface area contributed by atoms with Crippen molar-refractivity contribution in [2.75, 3.05) is 46.4 Å². The van der Waals surface area contributed by atoms with E-state index < -0.39 is 0 Å². The number of ether oxygens (including phenoxy) is 1. The molecule has 1 saturated heterocycles. The molecular formula is C15H23FN2O2. The number of aliphatic hydroxyl groups is 1. The molecule has 1 N–H and O–H groups in total. The van der Waals surface area contributed by atoms with E-state index in [4.69, 9.17) is 9.84 Å². The smallest absolute Gasteiger partial charge is 0.131 e. The first-order valence-electron chi connectivity index (χ1n) is 7.11. The molecule has 5 heteroatoms. The van der Waals surface area contributed by atoms with E-state index in [0.29, 0.717) is 17.9 Å². The van der Waals surface area contributed by atoms with Crippen molar-refractivity contribution in [3.8, 4) is 5.75 Å². The standard InChI is InChI=1S/C15H23FN2O2/c1-20-14-4-3-13(15(16)11-14)12-18-6-2-5-17(7-8-18)9-10-19/h3-4,11,19H,2,5-10,12H2,1H3. The zero-order chi connectivity index (χ0) is 14.4. The molecule has 0 bridgehead atoms. The van der Waals surface area contributed by atoms with Gasteiger partial charge in [-0.25, -0.2) is 4.39 Å². The second-order valence-electron chi connectivity index (χ2n) is 5.15. The minimum absolute atomic E-state index is 0.201. The Morgan fingerprint density at radius 1 is 1.20 bits per heavy atom. The highest BCUT2D eigenvalue weighted by Crippen LogP contribution is 2.18. The van der Waals surface area contributed by atoms with Gasteiger partial charge in [0, 0.05) is 37.8 Å². The highest BCUT2D eigenvalue weighted by atomic mass is 19.1. The molecule has 20 heavy (non-hydrogen) atoms. The lowest BCUT2D eigenvalue weighted by Gasteiger charge is -2.21. The lowest BCUT2D eigenvalue weighted by molar-refractivity contribution is 0.195. The molecule has 4 nitrogen and oxygen atoms in total. The molecule has 0 spiro atoms. The van der Waals surface area contributed by atoms with Crippen LogP contribution in [0.3, 0.4) is 0 Å². The van der Waals surface area contributed by atoms with Crippen LogP contribution >= 0.6 is 0 Å². The highest BCUT2D eigenvalue weighted by Gasteiger charge is 2.16. The second kappa shape index (κ2) is 7.57. The van der Waals surface area contributed by atoms with Gasteiger partial charge in [-0.15, -0.1) is 0 Å². The number of hydrogen-bond acceptors (Lipinski definition) is 4. The van der Waals surface area contributed by atoms with Gasteiger partial charge in [0.05, 0.1) is 13.7 Å². The maximum Gasteiger partial charge on any atom is 0.131 e. The maximum absolute atomic E-state index is 13.9. The molecule has 0 aliphatic carbocycles. The van der Waals surface area contributed by atoms with Crippen LogP contribution < -0.4 is 4.74 Å². The molecule has 1 aromatic rings. The van der Waals surface area contributed by atoms with Gasteiger partial charge in [-0.05, 0) is 25.6 Å². The zero-order valence-electron chi connectivity index (χ0n) is 12.0. The Bertz CT molecular complexity index is 428. The van der Waals surface area contributed by atoms with Crippen LogP contribution in [0, 0.1) is 5.82 Å². The minimum Gasteiger partial charge on any atom is -0.497 e. The fourth-order valence-corrected chi connectivity index (χ4v) is 2.57. The van der Waals surface area contributed by atoms with Crippen molar-refractivity contribution in [3.05, 3.63) is 29.6 Å². The first kappa shape index (κ1) is 15.2. The molecule has 1 heterocycles. The van der Waals surface area contributed by atoms with Crippen LogP contribution in [0.1, 0.15) is 12.0 Å². The third-order valence-electron chi connectivity index (χ3n) is 3.75. The van der Waals surface area contributed by atoms with Gasteiger partial charge in [-0.3, -0.25) is 9.80 Å². The number of methoxy groups -OCH3 is 1. The maximum atomic E-state index is 13.9. The average Bonchev–Trinajstić information content (AvgIpc) is 2.67. The molecule has 0 saturated carbocycles. The number of rotatable bonds is 5. The van der Waals surface area contributed by atoms with Crippen LogP contribution in [0.2, 0.25) is 0 Å². The molecule has 0 radical (unpaired) electrons. The van der Waals surface area contributed by atoms with Crippen molar-refractivity contribution in [1.82, 2.24) is 9.80 Å². The van der Waals surface area contributed by atoms with Crippen LogP contribution in [-0.2, 0) is 6.54 Å². The van der Waals surface area contributed by atoms with Crippen LogP contribution in [0.4, 0.5) is 4.39 Å². The molecule has 0 aromatic heterocycles. The van der Waals surface area contributed by atoms with Gasteiger partial charge in [0.1, 0.15) is 11.6 Å². The van der Waals surface area contributed by atoms with Crippen molar-refractivity contribution in [2.45, 2.75) is 13.0 Å². The topological polar surface area (TPSA) is 35.9 Å². The normalized spacial score (nSPS) is 17.9. The van der Waals surface area contributed by atoms with Crippen LogP contribution in [-0.4, -0.2) is 61.3 Å². The summed E-state index contributed by atoms with van der Waals surface area (Å²) in [7, 11) is 1.54. The van der Waals surface area contributed by atoms with Crippen LogP contribution in [0.25, 0.3) is 0 Å². The van der Waals surface area contributed by atoms with Crippen LogP contribution in [0.5, 0.6) is 5.75 Å². The van der Waals surface area contributed by atoms with Crippen molar-refractivity contribution in [1.29, 1.82) is 0 Å². The van der Waals surface area contributed by atoms with Gasteiger partial charge in [0.25, 0.3) is 0 Å². The van der Waals surface area contributed by atoms with E-state index in [1.165, 1.54) is 6.07 Å². The van der Waals surface area contributed by atoms with Crippen molar-refractivity contribution in [3.63, 3.8) is 0 Å². The van der Waals surface area contributed by atoms with E-state index in [-0.39, 0.29) is 12.4 Å². The molecule has 1 fully saturated rings. The predicted molar refractivity (Wildman–Crippen MR) is 76.4 cm³/mol. The Hall–Kier alpha value is -1.17. The van der Waals surface area contributed by atoms with E-state index >= 15 is 0 Å². The number of benzene rings is 1. The number of halogens is 1. The molecule has 2 rings (SSSR count). The largest absolute Gasteiger partial charge is 0.497 e. The summed E-state index contributed by atoms with van der Waals surface area (Å²) in [6.07, 6.45) is 1.05. The summed E-state index contributed by atoms with van der Waals surface area (Å²) < 4.78 is 19.0. The van der Waals surface area contributed by atoms with Gasteiger partial charge in [-0.2, -0.15) is 0 Å². The fraction of sp³-hybridized carbons (Fsp3) is 0.600. The monoisotopic (exact) mass is 282 g/mol. The third kappa shape index (κ3) is 4.16. The number of β-amino-alcohol motifs (C(OH)–C–C–N with tert-alkyl or cyclic N) is 1. The summed E-state index contributed by atoms with van der Waals surface area (Å²) in [5.74, 6) is 0.344. The average molecular weight is 282 g/mol. The summed E-state index contributed by atoms with van der Waals surface area (Å²) >= 11 is 0. The number of nitrogens with zero attached hydrogens (tertiary/aromatic N) is 2. The molecular weight excluding hydrogens is 259 g/mol. The zero-order valence-corrected chi connectivity index (χ0v) is 12.0. The fourth-order valence-electron chi connectivity index (χ4n) is 2.57. The summed E-state index contributed by atoms with van der Waals surface area (Å²) in [5.41, 5.74) is 0.710. The summed E-state index contributed by atoms with van der Waals surface area (Å²) in [4.78, 5) is 4.52. The Balaban J connectivity index is 1.93. The SMILES string of the molecule is COc1ccc(CN2CCCN(CCO)CC2)c(F)c1. The van der Waals surface area contributed by atoms with E-state index in [2.05, 4.69) is 9.80 Å². The molecule has 1 aliphatic rings. The van der Waals surface area contributed by atoms with Crippen molar-refractivity contribution >= 4 is 0 Å². The molecule has 1 aliphatic heterocycles. The molecule has 112 valence electrons. The molecule has 0 amide bonds. The lowest BCUT2D eigenvalue weighted by Crippen LogP contribution is -2.32. The molecule has 0 atom stereocenters. The van der Waals surface area contributed by atoms with Gasteiger partial charge in [-0.1, -0.05) is 6.07 Å². The summed E-state index contributed by atoms with van der Waals surface area (Å²) in [5, 5.41) is 8.98. The van der Waals surface area contributed by atoms with Gasteiger partial charge in [0.2, 0.25) is 0 Å². The Morgan fingerprint density at radius 2 is 1.95 bits per heavy atom. The first-order valence-corrected chi connectivity index (χ1v) is 7.11. The highest BCUT2D eigenvalue weighted by molar-refractivity contribution is 5.28. The predicted octanol–water partition coefficient (Wildman–Crippen LogP) is 1.33. The lowest BCUT2D eigenvalue weighted by atomic mass is 10.2. The van der Waals surface area contributed by atoms with E-state index in [1.54, 1.807) is 19.2 Å². The van der Waals surface area contributed by atoms with E-state index in [1.807, 2.05) is 0 Å². The Morgan fingerprint density at radius 3 is 2.65 bits per heavy atom. The Kier molecular flexibility index (Phi) is 5.76. The second-order valence-corrected chi connectivity index (χ2v) is 5.15. The summed E-state index contributed by atoms with van der Waals surface area (Å²) in [6.45, 7) is 5.36. The van der Waals surface area contributed by atoms with E-state index in [9.17, 15) is 4.39 Å². The van der Waals surface area contributed by atoms with Gasteiger partial charge in [0.15, 0.2) is 0 Å². The summed E-state index contributed by atoms with van der Waals surface area (Å²) in [6, 6.07) is 5.03. The first-order chi connectivity index (χ1) is 9.72. The van der Waals surface area contributed by atoms with Crippen molar-refractivity contribution < 1.29 is 14.2 Å². The van der Waals surface area contributed by atoms with Gasteiger partial charge >= 0.3 is 0 Å². The third-order valence-corrected chi connectivity index (χ3v) is 3.75. The quantitative estimate of drug-likeness (QED) is 0.884. The van der Waals surface area contributed by atoms with Crippen molar-refractivity contribution in [2.24, 2.45) is 0 Å². The molecule has 1 aromatic carbocycles. The Labute approximate surface area is 119 Å². The van der Waals surface area contributed by atoms with Crippen LogP contribution in [0.15, 0.2) is 18.2 Å². The van der Waals surface area contributed by atoms with Gasteiger partial charge < -0.3 is 9.84 Å². The minimum atomic E-state index is -0.208. The van der Waals surface area contributed by atoms with E-state index in [0.717, 1.165) is 39.1 Å². The number of hydrogen-bond donors (Lipinski definition) is 1. The molecule has 0 unspecified atom stereocenters. The number of aliphatic hydroxyl groups excluding tert-OH is 1.